The van der Waals surface area contributed by atoms with Gasteiger partial charge < -0.3 is 0 Å². The van der Waals surface area contributed by atoms with E-state index in [4.69, 9.17) is 11.6 Å². The van der Waals surface area contributed by atoms with Gasteiger partial charge in [-0.2, -0.15) is 0 Å². The number of nitrogens with zero attached hydrogens (tertiary/aromatic N) is 3. The summed E-state index contributed by atoms with van der Waals surface area (Å²) in [4.78, 5) is 17.5. The van der Waals surface area contributed by atoms with Crippen LogP contribution in [-0.4, -0.2) is 14.9 Å². The average Bonchev–Trinajstić information content (AvgIpc) is 2.85. The van der Waals surface area contributed by atoms with Gasteiger partial charge in [-0.3, -0.25) is 10.1 Å². The molecule has 0 spiro atoms. The molecule has 0 unspecified atom stereocenters. The lowest BCUT2D eigenvalue weighted by Gasteiger charge is -1.96. The van der Waals surface area contributed by atoms with Crippen LogP contribution in [-0.2, 0) is 0 Å². The van der Waals surface area contributed by atoms with Crippen LogP contribution in [0, 0.1) is 10.1 Å². The van der Waals surface area contributed by atoms with Crippen molar-refractivity contribution in [1.29, 1.82) is 0 Å². The van der Waals surface area contributed by atoms with Crippen molar-refractivity contribution in [2.45, 2.75) is 18.8 Å². The Morgan fingerprint density at radius 2 is 2.31 bits per heavy atom. The van der Waals surface area contributed by atoms with E-state index in [1.54, 1.807) is 0 Å². The van der Waals surface area contributed by atoms with E-state index in [1.807, 2.05) is 0 Å². The molecule has 68 valence electrons. The van der Waals surface area contributed by atoms with Crippen molar-refractivity contribution in [2.24, 2.45) is 0 Å². The molecule has 0 N–H and O–H groups in total. The summed E-state index contributed by atoms with van der Waals surface area (Å²) in [6.07, 6.45) is 3.27. The second kappa shape index (κ2) is 2.92. The standard InChI is InChI=1S/C7H6ClN3O2/c8-6-5(11(12)13)3-9-7(10-6)4-1-2-4/h3-4H,1-2H2. The Balaban J connectivity index is 2.36. The highest BCUT2D eigenvalue weighted by molar-refractivity contribution is 6.31. The third-order valence-corrected chi connectivity index (χ3v) is 2.16. The third kappa shape index (κ3) is 1.60. The molecule has 5 nitrogen and oxygen atoms in total. The van der Waals surface area contributed by atoms with Gasteiger partial charge in [0.25, 0.3) is 0 Å². The van der Waals surface area contributed by atoms with E-state index in [0.29, 0.717) is 11.7 Å². The summed E-state index contributed by atoms with van der Waals surface area (Å²) in [6, 6.07) is 0. The smallest absolute Gasteiger partial charge is 0.258 e. The molecule has 0 aromatic carbocycles. The first-order valence-corrected chi connectivity index (χ1v) is 4.23. The molecule has 1 heterocycles. The zero-order chi connectivity index (χ0) is 9.42. The van der Waals surface area contributed by atoms with Gasteiger partial charge in [-0.05, 0) is 12.8 Å². The Labute approximate surface area is 78.9 Å². The van der Waals surface area contributed by atoms with Crippen LogP contribution >= 0.6 is 11.6 Å². The van der Waals surface area contributed by atoms with E-state index in [0.717, 1.165) is 12.8 Å². The number of hydrogen-bond donors (Lipinski definition) is 0. The molecule has 0 saturated heterocycles. The molecule has 2 rings (SSSR count). The molecule has 6 heteroatoms. The first kappa shape index (κ1) is 8.37. The van der Waals surface area contributed by atoms with Crippen LogP contribution in [0.3, 0.4) is 0 Å². The lowest BCUT2D eigenvalue weighted by atomic mass is 10.4. The minimum Gasteiger partial charge on any atom is -0.258 e. The highest BCUT2D eigenvalue weighted by Crippen LogP contribution is 2.38. The van der Waals surface area contributed by atoms with Crippen molar-refractivity contribution >= 4 is 17.3 Å². The number of nitro groups is 1. The van der Waals surface area contributed by atoms with Crippen molar-refractivity contribution in [2.75, 3.05) is 0 Å². The summed E-state index contributed by atoms with van der Waals surface area (Å²) in [6.45, 7) is 0. The van der Waals surface area contributed by atoms with Gasteiger partial charge in [0.2, 0.25) is 5.15 Å². The van der Waals surface area contributed by atoms with Gasteiger partial charge >= 0.3 is 5.69 Å². The number of aromatic nitrogens is 2. The van der Waals surface area contributed by atoms with Gasteiger partial charge in [-0.25, -0.2) is 9.97 Å². The van der Waals surface area contributed by atoms with Gasteiger partial charge in [0.05, 0.1) is 4.92 Å². The van der Waals surface area contributed by atoms with Crippen molar-refractivity contribution in [3.05, 3.63) is 27.3 Å². The Hall–Kier alpha value is -1.23. The summed E-state index contributed by atoms with van der Waals surface area (Å²) in [5.74, 6) is 0.980. The maximum absolute atomic E-state index is 10.4. The molecule has 0 atom stereocenters. The van der Waals surface area contributed by atoms with Crippen LogP contribution < -0.4 is 0 Å². The lowest BCUT2D eigenvalue weighted by molar-refractivity contribution is -0.385. The average molecular weight is 200 g/mol. The normalized spacial score (nSPS) is 15.8. The number of hydrogen-bond acceptors (Lipinski definition) is 4. The zero-order valence-electron chi connectivity index (χ0n) is 6.61. The Morgan fingerprint density at radius 3 is 2.77 bits per heavy atom. The molecular weight excluding hydrogens is 194 g/mol. The summed E-state index contributed by atoms with van der Waals surface area (Å²) < 4.78 is 0. The van der Waals surface area contributed by atoms with Gasteiger partial charge in [0.1, 0.15) is 12.0 Å². The molecule has 1 fully saturated rings. The molecule has 0 aliphatic heterocycles. The Morgan fingerprint density at radius 1 is 1.62 bits per heavy atom. The van der Waals surface area contributed by atoms with Crippen LogP contribution in [0.4, 0.5) is 5.69 Å². The van der Waals surface area contributed by atoms with Crippen molar-refractivity contribution in [1.82, 2.24) is 9.97 Å². The highest BCUT2D eigenvalue weighted by atomic mass is 35.5. The summed E-state index contributed by atoms with van der Waals surface area (Å²) >= 11 is 5.60. The fourth-order valence-electron chi connectivity index (χ4n) is 1.03. The van der Waals surface area contributed by atoms with E-state index in [-0.39, 0.29) is 10.8 Å². The fraction of sp³-hybridized carbons (Fsp3) is 0.429. The Kier molecular flexibility index (Phi) is 1.88. The van der Waals surface area contributed by atoms with Gasteiger partial charge in [-0.1, -0.05) is 11.6 Å². The maximum Gasteiger partial charge on any atom is 0.324 e. The molecule has 0 bridgehead atoms. The summed E-state index contributed by atoms with van der Waals surface area (Å²) in [5, 5.41) is 10.3. The maximum atomic E-state index is 10.4. The fourth-order valence-corrected chi connectivity index (χ4v) is 1.23. The SMILES string of the molecule is O=[N+]([O-])c1cnc(C2CC2)nc1Cl. The van der Waals surface area contributed by atoms with E-state index >= 15 is 0 Å². The van der Waals surface area contributed by atoms with E-state index in [1.165, 1.54) is 6.20 Å². The molecule has 1 aliphatic carbocycles. The predicted octanol–water partition coefficient (Wildman–Crippen LogP) is 1.92. The monoisotopic (exact) mass is 199 g/mol. The minimum absolute atomic E-state index is 0.0677. The minimum atomic E-state index is -0.584. The predicted molar refractivity (Wildman–Crippen MR) is 45.7 cm³/mol. The zero-order valence-corrected chi connectivity index (χ0v) is 7.36. The molecule has 1 aromatic rings. The number of rotatable bonds is 2. The molecule has 0 radical (unpaired) electrons. The summed E-state index contributed by atoms with van der Waals surface area (Å²) in [7, 11) is 0. The second-order valence-corrected chi connectivity index (χ2v) is 3.29. The van der Waals surface area contributed by atoms with Crippen LogP contribution in [0.25, 0.3) is 0 Å². The van der Waals surface area contributed by atoms with Crippen LogP contribution in [0.2, 0.25) is 5.15 Å². The van der Waals surface area contributed by atoms with E-state index in [9.17, 15) is 10.1 Å². The highest BCUT2D eigenvalue weighted by Gasteiger charge is 2.28. The molecular formula is C7H6ClN3O2. The van der Waals surface area contributed by atoms with Gasteiger partial charge in [0, 0.05) is 5.92 Å². The first-order valence-electron chi connectivity index (χ1n) is 3.85. The van der Waals surface area contributed by atoms with E-state index < -0.39 is 4.92 Å². The van der Waals surface area contributed by atoms with Crippen molar-refractivity contribution < 1.29 is 4.92 Å². The van der Waals surface area contributed by atoms with Crippen molar-refractivity contribution in [3.8, 4) is 0 Å². The molecule has 1 aliphatic rings. The van der Waals surface area contributed by atoms with Crippen LogP contribution in [0.1, 0.15) is 24.6 Å². The Bertz CT molecular complexity index is 365. The van der Waals surface area contributed by atoms with Crippen LogP contribution in [0.5, 0.6) is 0 Å². The summed E-state index contributed by atoms with van der Waals surface area (Å²) in [5.41, 5.74) is -0.230. The topological polar surface area (TPSA) is 68.9 Å². The van der Waals surface area contributed by atoms with E-state index in [2.05, 4.69) is 9.97 Å². The quantitative estimate of drug-likeness (QED) is 0.415. The van der Waals surface area contributed by atoms with Gasteiger partial charge in [-0.15, -0.1) is 0 Å². The van der Waals surface area contributed by atoms with Gasteiger partial charge in [0.15, 0.2) is 0 Å². The second-order valence-electron chi connectivity index (χ2n) is 2.94. The van der Waals surface area contributed by atoms with Crippen LogP contribution in [0.15, 0.2) is 6.20 Å². The molecule has 1 aromatic heterocycles. The molecule has 13 heavy (non-hydrogen) atoms. The lowest BCUT2D eigenvalue weighted by Crippen LogP contribution is -1.97. The third-order valence-electron chi connectivity index (χ3n) is 1.88. The number of halogens is 1. The molecule has 1 saturated carbocycles. The van der Waals surface area contributed by atoms with Crippen molar-refractivity contribution in [3.63, 3.8) is 0 Å². The first-order chi connectivity index (χ1) is 6.18. The molecule has 0 amide bonds. The largest absolute Gasteiger partial charge is 0.324 e.